The standard InChI is InChI=1S/C13H18O2/c1-5-13(3,4)15-12-7-6-11(9-14)10(2)8-12/h6-9H,5H2,1-4H3. The van der Waals surface area contributed by atoms with Crippen molar-refractivity contribution < 1.29 is 9.53 Å². The van der Waals surface area contributed by atoms with Crippen molar-refractivity contribution in [2.45, 2.75) is 39.7 Å². The van der Waals surface area contributed by atoms with Gasteiger partial charge in [0.15, 0.2) is 0 Å². The van der Waals surface area contributed by atoms with Crippen LogP contribution in [0.1, 0.15) is 43.1 Å². The molecule has 0 bridgehead atoms. The summed E-state index contributed by atoms with van der Waals surface area (Å²) in [5.41, 5.74) is 1.51. The Morgan fingerprint density at radius 1 is 1.40 bits per heavy atom. The number of hydrogen-bond donors (Lipinski definition) is 0. The maximum Gasteiger partial charge on any atom is 0.150 e. The number of aldehydes is 1. The highest BCUT2D eigenvalue weighted by molar-refractivity contribution is 5.77. The van der Waals surface area contributed by atoms with Gasteiger partial charge in [-0.3, -0.25) is 4.79 Å². The normalized spacial score (nSPS) is 11.2. The molecular weight excluding hydrogens is 188 g/mol. The van der Waals surface area contributed by atoms with Gasteiger partial charge in [-0.05, 0) is 51.0 Å². The maximum atomic E-state index is 10.6. The predicted molar refractivity (Wildman–Crippen MR) is 61.6 cm³/mol. The van der Waals surface area contributed by atoms with Crippen LogP contribution in [0.15, 0.2) is 18.2 Å². The highest BCUT2D eigenvalue weighted by Crippen LogP contribution is 2.22. The molecule has 0 heterocycles. The van der Waals surface area contributed by atoms with Crippen LogP contribution in [0.3, 0.4) is 0 Å². The van der Waals surface area contributed by atoms with E-state index in [-0.39, 0.29) is 5.60 Å². The van der Waals surface area contributed by atoms with Crippen molar-refractivity contribution in [2.24, 2.45) is 0 Å². The summed E-state index contributed by atoms with van der Waals surface area (Å²) in [5.74, 6) is 0.824. The Balaban J connectivity index is 2.89. The Hall–Kier alpha value is -1.31. The third kappa shape index (κ3) is 3.08. The summed E-state index contributed by atoms with van der Waals surface area (Å²) >= 11 is 0. The van der Waals surface area contributed by atoms with Crippen molar-refractivity contribution in [3.05, 3.63) is 29.3 Å². The highest BCUT2D eigenvalue weighted by atomic mass is 16.5. The molecule has 1 rings (SSSR count). The van der Waals surface area contributed by atoms with E-state index in [1.807, 2.05) is 19.1 Å². The average Bonchev–Trinajstić information content (AvgIpc) is 2.17. The fraction of sp³-hybridized carbons (Fsp3) is 0.462. The smallest absolute Gasteiger partial charge is 0.150 e. The van der Waals surface area contributed by atoms with Crippen molar-refractivity contribution in [2.75, 3.05) is 0 Å². The second kappa shape index (κ2) is 4.47. The van der Waals surface area contributed by atoms with E-state index >= 15 is 0 Å². The molecular formula is C13H18O2. The number of rotatable bonds is 4. The number of aryl methyl sites for hydroxylation is 1. The number of ether oxygens (including phenoxy) is 1. The molecule has 0 N–H and O–H groups in total. The van der Waals surface area contributed by atoms with Crippen LogP contribution in [0.5, 0.6) is 5.75 Å². The monoisotopic (exact) mass is 206 g/mol. The fourth-order valence-electron chi connectivity index (χ4n) is 1.24. The molecule has 2 heteroatoms. The quantitative estimate of drug-likeness (QED) is 0.706. The molecule has 0 aliphatic carbocycles. The topological polar surface area (TPSA) is 26.3 Å². The summed E-state index contributed by atoms with van der Waals surface area (Å²) in [6.07, 6.45) is 1.81. The molecule has 0 radical (unpaired) electrons. The maximum absolute atomic E-state index is 10.6. The Morgan fingerprint density at radius 3 is 2.53 bits per heavy atom. The van der Waals surface area contributed by atoms with E-state index in [9.17, 15) is 4.79 Å². The molecule has 0 atom stereocenters. The van der Waals surface area contributed by atoms with Crippen LogP contribution >= 0.6 is 0 Å². The molecule has 0 spiro atoms. The van der Waals surface area contributed by atoms with Gasteiger partial charge in [0, 0.05) is 5.56 Å². The summed E-state index contributed by atoms with van der Waals surface area (Å²) in [5, 5.41) is 0. The van der Waals surface area contributed by atoms with Crippen molar-refractivity contribution in [1.29, 1.82) is 0 Å². The van der Waals surface area contributed by atoms with Crippen LogP contribution in [0.4, 0.5) is 0 Å². The molecule has 0 unspecified atom stereocenters. The zero-order valence-electron chi connectivity index (χ0n) is 9.83. The third-order valence-electron chi connectivity index (χ3n) is 2.61. The van der Waals surface area contributed by atoms with E-state index in [1.165, 1.54) is 0 Å². The minimum Gasteiger partial charge on any atom is -0.488 e. The van der Waals surface area contributed by atoms with Gasteiger partial charge in [0.2, 0.25) is 0 Å². The van der Waals surface area contributed by atoms with E-state index in [1.54, 1.807) is 6.07 Å². The van der Waals surface area contributed by atoms with Gasteiger partial charge in [-0.25, -0.2) is 0 Å². The zero-order chi connectivity index (χ0) is 11.5. The molecule has 0 saturated heterocycles. The second-order valence-corrected chi connectivity index (χ2v) is 4.35. The van der Waals surface area contributed by atoms with E-state index < -0.39 is 0 Å². The zero-order valence-corrected chi connectivity index (χ0v) is 9.83. The molecule has 2 nitrogen and oxygen atoms in total. The fourth-order valence-corrected chi connectivity index (χ4v) is 1.24. The Kier molecular flexibility index (Phi) is 3.51. The molecule has 0 aliphatic rings. The van der Waals surface area contributed by atoms with Gasteiger partial charge in [0.1, 0.15) is 17.6 Å². The van der Waals surface area contributed by atoms with Gasteiger partial charge in [0.25, 0.3) is 0 Å². The Morgan fingerprint density at radius 2 is 2.07 bits per heavy atom. The van der Waals surface area contributed by atoms with E-state index in [2.05, 4.69) is 20.8 Å². The first-order valence-electron chi connectivity index (χ1n) is 5.23. The summed E-state index contributed by atoms with van der Waals surface area (Å²) in [4.78, 5) is 10.6. The second-order valence-electron chi connectivity index (χ2n) is 4.35. The van der Waals surface area contributed by atoms with Gasteiger partial charge in [-0.1, -0.05) is 6.92 Å². The Labute approximate surface area is 91.3 Å². The van der Waals surface area contributed by atoms with Crippen LogP contribution < -0.4 is 4.74 Å². The van der Waals surface area contributed by atoms with E-state index in [0.717, 1.165) is 29.6 Å². The first-order valence-corrected chi connectivity index (χ1v) is 5.23. The summed E-state index contributed by atoms with van der Waals surface area (Å²) in [6.45, 7) is 8.11. The minimum absolute atomic E-state index is 0.158. The largest absolute Gasteiger partial charge is 0.488 e. The first kappa shape index (κ1) is 11.8. The SMILES string of the molecule is CCC(C)(C)Oc1ccc(C=O)c(C)c1. The van der Waals surface area contributed by atoms with Crippen LogP contribution in [0.2, 0.25) is 0 Å². The number of hydrogen-bond acceptors (Lipinski definition) is 2. The van der Waals surface area contributed by atoms with Gasteiger partial charge >= 0.3 is 0 Å². The van der Waals surface area contributed by atoms with Gasteiger partial charge < -0.3 is 4.74 Å². The minimum atomic E-state index is -0.158. The molecule has 15 heavy (non-hydrogen) atoms. The number of carbonyl (C=O) groups excluding carboxylic acids is 1. The van der Waals surface area contributed by atoms with E-state index in [0.29, 0.717) is 0 Å². The molecule has 1 aromatic carbocycles. The van der Waals surface area contributed by atoms with Crippen molar-refractivity contribution in [3.8, 4) is 5.75 Å². The molecule has 0 aromatic heterocycles. The summed E-state index contributed by atoms with van der Waals surface area (Å²) in [6, 6.07) is 5.54. The molecule has 0 saturated carbocycles. The van der Waals surface area contributed by atoms with Crippen LogP contribution in [0.25, 0.3) is 0 Å². The van der Waals surface area contributed by atoms with Gasteiger partial charge in [-0.2, -0.15) is 0 Å². The number of carbonyl (C=O) groups is 1. The van der Waals surface area contributed by atoms with Crippen LogP contribution in [-0.2, 0) is 0 Å². The number of benzene rings is 1. The lowest BCUT2D eigenvalue weighted by Crippen LogP contribution is -2.26. The summed E-state index contributed by atoms with van der Waals surface area (Å²) < 4.78 is 5.82. The molecule has 82 valence electrons. The highest BCUT2D eigenvalue weighted by Gasteiger charge is 2.16. The lowest BCUT2D eigenvalue weighted by atomic mass is 10.1. The van der Waals surface area contributed by atoms with Gasteiger partial charge in [0.05, 0.1) is 0 Å². The first-order chi connectivity index (χ1) is 6.98. The van der Waals surface area contributed by atoms with E-state index in [4.69, 9.17) is 4.74 Å². The Bertz CT molecular complexity index is 354. The van der Waals surface area contributed by atoms with Crippen molar-refractivity contribution in [3.63, 3.8) is 0 Å². The lowest BCUT2D eigenvalue weighted by Gasteiger charge is -2.25. The van der Waals surface area contributed by atoms with Crippen LogP contribution in [0, 0.1) is 6.92 Å². The molecule has 1 aromatic rings. The third-order valence-corrected chi connectivity index (χ3v) is 2.61. The summed E-state index contributed by atoms with van der Waals surface area (Å²) in [7, 11) is 0. The van der Waals surface area contributed by atoms with Crippen molar-refractivity contribution >= 4 is 6.29 Å². The molecule has 0 fully saturated rings. The van der Waals surface area contributed by atoms with Crippen LogP contribution in [-0.4, -0.2) is 11.9 Å². The lowest BCUT2D eigenvalue weighted by molar-refractivity contribution is 0.105. The predicted octanol–water partition coefficient (Wildman–Crippen LogP) is 3.37. The molecule has 0 amide bonds. The van der Waals surface area contributed by atoms with Gasteiger partial charge in [-0.15, -0.1) is 0 Å². The average molecular weight is 206 g/mol. The molecule has 0 aliphatic heterocycles. The van der Waals surface area contributed by atoms with Crippen molar-refractivity contribution in [1.82, 2.24) is 0 Å².